The van der Waals surface area contributed by atoms with Gasteiger partial charge in [-0.15, -0.1) is 0 Å². The first-order valence-corrected chi connectivity index (χ1v) is 9.76. The zero-order valence-corrected chi connectivity index (χ0v) is 17.0. The summed E-state index contributed by atoms with van der Waals surface area (Å²) in [6, 6.07) is 18.6. The molecule has 7 nitrogen and oxygen atoms in total. The van der Waals surface area contributed by atoms with Gasteiger partial charge in [0.2, 0.25) is 0 Å². The summed E-state index contributed by atoms with van der Waals surface area (Å²) >= 11 is 0. The van der Waals surface area contributed by atoms with Crippen LogP contribution in [0.25, 0.3) is 0 Å². The van der Waals surface area contributed by atoms with Gasteiger partial charge in [0, 0.05) is 11.1 Å². The molecule has 7 heteroatoms. The Bertz CT molecular complexity index is 1260. The number of rotatable bonds is 6. The highest BCUT2D eigenvalue weighted by Crippen LogP contribution is 2.29. The minimum absolute atomic E-state index is 0.0551. The van der Waals surface area contributed by atoms with E-state index in [1.54, 1.807) is 30.3 Å². The quantitative estimate of drug-likeness (QED) is 0.338. The number of nitrogens with zero attached hydrogens (tertiary/aromatic N) is 1. The molecule has 0 aromatic heterocycles. The number of fused-ring (bicyclic) bond motifs is 1. The van der Waals surface area contributed by atoms with Gasteiger partial charge in [-0.1, -0.05) is 30.3 Å². The van der Waals surface area contributed by atoms with Crippen molar-refractivity contribution >= 4 is 35.0 Å². The fourth-order valence-corrected chi connectivity index (χ4v) is 3.37. The van der Waals surface area contributed by atoms with Gasteiger partial charge in [0.25, 0.3) is 11.8 Å². The molecular formula is C25H17NO6. The molecule has 3 aromatic carbocycles. The van der Waals surface area contributed by atoms with Crippen LogP contribution in [0.1, 0.15) is 58.7 Å². The average Bonchev–Trinajstić information content (AvgIpc) is 3.07. The fourth-order valence-electron chi connectivity index (χ4n) is 3.37. The molecule has 0 atom stereocenters. The van der Waals surface area contributed by atoms with Crippen molar-refractivity contribution < 1.29 is 28.7 Å². The summed E-state index contributed by atoms with van der Waals surface area (Å²) in [7, 11) is 0. The number of hydrogen-bond donors (Lipinski definition) is 0. The number of esters is 1. The predicted octanol–water partition coefficient (Wildman–Crippen LogP) is 3.73. The van der Waals surface area contributed by atoms with Crippen LogP contribution in [0.3, 0.4) is 0 Å². The third kappa shape index (κ3) is 3.83. The van der Waals surface area contributed by atoms with Crippen LogP contribution in [0.4, 0.5) is 5.69 Å². The molecule has 0 aliphatic carbocycles. The average molecular weight is 427 g/mol. The second-order valence-corrected chi connectivity index (χ2v) is 7.17. The topological polar surface area (TPSA) is 97.8 Å². The number of carbonyl (C=O) groups is 5. The van der Waals surface area contributed by atoms with Crippen molar-refractivity contribution in [2.24, 2.45) is 0 Å². The number of amides is 2. The molecule has 0 radical (unpaired) electrons. The summed E-state index contributed by atoms with van der Waals surface area (Å²) in [6.07, 6.45) is 0. The Morgan fingerprint density at radius 1 is 0.750 bits per heavy atom. The molecule has 158 valence electrons. The molecule has 0 saturated heterocycles. The van der Waals surface area contributed by atoms with Gasteiger partial charge in [-0.05, 0) is 49.4 Å². The Morgan fingerprint density at radius 2 is 1.38 bits per heavy atom. The van der Waals surface area contributed by atoms with Crippen molar-refractivity contribution in [2.75, 3.05) is 11.5 Å². The Balaban J connectivity index is 1.51. The first kappa shape index (κ1) is 20.9. The number of ether oxygens (including phenoxy) is 1. The monoisotopic (exact) mass is 427 g/mol. The molecule has 4 rings (SSSR count). The van der Waals surface area contributed by atoms with Gasteiger partial charge < -0.3 is 4.74 Å². The van der Waals surface area contributed by atoms with Gasteiger partial charge in [-0.25, -0.2) is 9.69 Å². The van der Waals surface area contributed by atoms with Gasteiger partial charge >= 0.3 is 5.97 Å². The summed E-state index contributed by atoms with van der Waals surface area (Å²) in [6.45, 7) is 0.979. The van der Waals surface area contributed by atoms with E-state index in [4.69, 9.17) is 4.74 Å². The molecule has 1 aliphatic rings. The van der Waals surface area contributed by atoms with Gasteiger partial charge in [0.15, 0.2) is 18.2 Å². The molecule has 32 heavy (non-hydrogen) atoms. The Morgan fingerprint density at radius 3 is 2.03 bits per heavy atom. The third-order valence-corrected chi connectivity index (χ3v) is 5.08. The molecule has 0 spiro atoms. The molecule has 1 heterocycles. The maximum atomic E-state index is 12.9. The van der Waals surface area contributed by atoms with E-state index < -0.39 is 24.4 Å². The Labute approximate surface area is 183 Å². The summed E-state index contributed by atoms with van der Waals surface area (Å²) in [5, 5.41) is 0. The molecule has 1 aliphatic heterocycles. The molecule has 3 aromatic rings. The lowest BCUT2D eigenvalue weighted by atomic mass is 10.1. The maximum absolute atomic E-state index is 12.9. The number of ketones is 2. The van der Waals surface area contributed by atoms with Gasteiger partial charge in [-0.2, -0.15) is 0 Å². The maximum Gasteiger partial charge on any atom is 0.338 e. The van der Waals surface area contributed by atoms with E-state index in [1.807, 2.05) is 0 Å². The minimum Gasteiger partial charge on any atom is -0.454 e. The zero-order valence-electron chi connectivity index (χ0n) is 17.0. The van der Waals surface area contributed by atoms with Crippen LogP contribution in [0, 0.1) is 0 Å². The SMILES string of the molecule is CC(=O)c1ccc(N2C(=O)c3ccc(C(=O)OCC(=O)c4ccccc4)cc3C2=O)cc1. The number of imide groups is 1. The largest absolute Gasteiger partial charge is 0.454 e. The number of anilines is 1. The summed E-state index contributed by atoms with van der Waals surface area (Å²) in [5.74, 6) is -2.38. The minimum atomic E-state index is -0.776. The molecule has 0 fully saturated rings. The normalized spacial score (nSPS) is 12.5. The smallest absolute Gasteiger partial charge is 0.338 e. The summed E-state index contributed by atoms with van der Waals surface area (Å²) in [5.41, 5.74) is 1.47. The first-order valence-electron chi connectivity index (χ1n) is 9.76. The van der Waals surface area contributed by atoms with E-state index in [9.17, 15) is 24.0 Å². The number of Topliss-reactive ketones (excluding diaryl/α,β-unsaturated/α-hetero) is 2. The van der Waals surface area contributed by atoms with E-state index in [2.05, 4.69) is 0 Å². The van der Waals surface area contributed by atoms with E-state index in [1.165, 1.54) is 49.4 Å². The highest BCUT2D eigenvalue weighted by Gasteiger charge is 2.37. The van der Waals surface area contributed by atoms with Crippen molar-refractivity contribution in [1.29, 1.82) is 0 Å². The standard InChI is InChI=1S/C25H17NO6/c1-15(27)16-7-10-19(11-8-16)26-23(29)20-12-9-18(13-21(20)24(26)30)25(31)32-14-22(28)17-5-3-2-4-6-17/h2-13H,14H2,1H3. The second kappa shape index (κ2) is 8.39. The molecular weight excluding hydrogens is 410 g/mol. The van der Waals surface area contributed by atoms with Crippen LogP contribution in [-0.4, -0.2) is 36.0 Å². The number of hydrogen-bond acceptors (Lipinski definition) is 6. The molecule has 0 unspecified atom stereocenters. The van der Waals surface area contributed by atoms with Crippen LogP contribution >= 0.6 is 0 Å². The van der Waals surface area contributed by atoms with Crippen LogP contribution in [0.5, 0.6) is 0 Å². The molecule has 0 N–H and O–H groups in total. The van der Waals surface area contributed by atoms with Crippen LogP contribution in [0.2, 0.25) is 0 Å². The van der Waals surface area contributed by atoms with Gasteiger partial charge in [0.05, 0.1) is 22.4 Å². The van der Waals surface area contributed by atoms with E-state index in [-0.39, 0.29) is 28.3 Å². The predicted molar refractivity (Wildman–Crippen MR) is 115 cm³/mol. The lowest BCUT2D eigenvalue weighted by Gasteiger charge is -2.13. The lowest BCUT2D eigenvalue weighted by Crippen LogP contribution is -2.29. The lowest BCUT2D eigenvalue weighted by molar-refractivity contribution is 0.0474. The van der Waals surface area contributed by atoms with E-state index in [0.717, 1.165) is 4.90 Å². The molecule has 0 saturated carbocycles. The first-order chi connectivity index (χ1) is 15.4. The van der Waals surface area contributed by atoms with E-state index in [0.29, 0.717) is 16.8 Å². The molecule has 0 bridgehead atoms. The third-order valence-electron chi connectivity index (χ3n) is 5.08. The van der Waals surface area contributed by atoms with Gasteiger partial charge in [0.1, 0.15) is 0 Å². The highest BCUT2D eigenvalue weighted by atomic mass is 16.5. The van der Waals surface area contributed by atoms with Crippen molar-refractivity contribution in [3.8, 4) is 0 Å². The highest BCUT2D eigenvalue weighted by molar-refractivity contribution is 6.34. The van der Waals surface area contributed by atoms with Crippen molar-refractivity contribution in [3.63, 3.8) is 0 Å². The second-order valence-electron chi connectivity index (χ2n) is 7.17. The number of carbonyl (C=O) groups excluding carboxylic acids is 5. The van der Waals surface area contributed by atoms with Crippen LogP contribution in [-0.2, 0) is 4.74 Å². The molecule has 2 amide bonds. The number of benzene rings is 3. The Hall–Kier alpha value is -4.39. The van der Waals surface area contributed by atoms with Crippen LogP contribution < -0.4 is 4.90 Å². The Kier molecular flexibility index (Phi) is 5.47. The fraction of sp³-hybridized carbons (Fsp3) is 0.0800. The van der Waals surface area contributed by atoms with Crippen molar-refractivity contribution in [2.45, 2.75) is 6.92 Å². The van der Waals surface area contributed by atoms with Gasteiger partial charge in [-0.3, -0.25) is 19.2 Å². The summed E-state index contributed by atoms with van der Waals surface area (Å²) in [4.78, 5) is 62.6. The van der Waals surface area contributed by atoms with E-state index >= 15 is 0 Å². The zero-order chi connectivity index (χ0) is 22.8. The van der Waals surface area contributed by atoms with Crippen molar-refractivity contribution in [3.05, 3.63) is 101 Å². The van der Waals surface area contributed by atoms with Crippen molar-refractivity contribution in [1.82, 2.24) is 0 Å². The van der Waals surface area contributed by atoms with Crippen LogP contribution in [0.15, 0.2) is 72.8 Å². The summed E-state index contributed by atoms with van der Waals surface area (Å²) < 4.78 is 5.08.